The van der Waals surface area contributed by atoms with Gasteiger partial charge in [-0.15, -0.1) is 0 Å². The molecule has 0 radical (unpaired) electrons. The van der Waals surface area contributed by atoms with Crippen LogP contribution in [0.5, 0.6) is 0 Å². The molecule has 2 heteroatoms. The SMILES string of the molecule is CCCCCCCCCCN[C@@H](C)C(=O)CC. The number of ketones is 1. The third kappa shape index (κ3) is 10.5. The summed E-state index contributed by atoms with van der Waals surface area (Å²) in [6, 6.07) is 0.0459. The topological polar surface area (TPSA) is 29.1 Å². The lowest BCUT2D eigenvalue weighted by atomic mass is 10.1. The molecule has 0 saturated carbocycles. The summed E-state index contributed by atoms with van der Waals surface area (Å²) in [5, 5.41) is 3.29. The van der Waals surface area contributed by atoms with E-state index in [1.165, 1.54) is 51.4 Å². The smallest absolute Gasteiger partial charge is 0.149 e. The predicted octanol–water partition coefficient (Wildman–Crippen LogP) is 4.08. The van der Waals surface area contributed by atoms with Crippen molar-refractivity contribution in [3.63, 3.8) is 0 Å². The lowest BCUT2D eigenvalue weighted by Crippen LogP contribution is -2.34. The molecule has 0 spiro atoms. The van der Waals surface area contributed by atoms with Crippen LogP contribution in [0, 0.1) is 0 Å². The molecule has 1 N–H and O–H groups in total. The van der Waals surface area contributed by atoms with Gasteiger partial charge in [0.25, 0.3) is 0 Å². The minimum Gasteiger partial charge on any atom is -0.308 e. The normalized spacial score (nSPS) is 12.6. The Kier molecular flexibility index (Phi) is 11.8. The van der Waals surface area contributed by atoms with Crippen molar-refractivity contribution in [2.24, 2.45) is 0 Å². The summed E-state index contributed by atoms with van der Waals surface area (Å²) < 4.78 is 0. The van der Waals surface area contributed by atoms with Crippen molar-refractivity contribution < 1.29 is 4.79 Å². The third-order valence-corrected chi connectivity index (χ3v) is 3.31. The maximum Gasteiger partial charge on any atom is 0.149 e. The van der Waals surface area contributed by atoms with Crippen molar-refractivity contribution in [1.29, 1.82) is 0 Å². The van der Waals surface area contributed by atoms with E-state index < -0.39 is 0 Å². The van der Waals surface area contributed by atoms with Gasteiger partial charge in [0.05, 0.1) is 6.04 Å². The predicted molar refractivity (Wildman–Crippen MR) is 75.4 cm³/mol. The van der Waals surface area contributed by atoms with Gasteiger partial charge in [0.15, 0.2) is 0 Å². The molecule has 102 valence electrons. The van der Waals surface area contributed by atoms with Crippen LogP contribution in [0.3, 0.4) is 0 Å². The molecule has 2 nitrogen and oxygen atoms in total. The van der Waals surface area contributed by atoms with Crippen LogP contribution in [0.1, 0.15) is 78.6 Å². The summed E-state index contributed by atoms with van der Waals surface area (Å²) in [6.45, 7) is 7.14. The Morgan fingerprint density at radius 2 is 1.47 bits per heavy atom. The van der Waals surface area contributed by atoms with Crippen LogP contribution in [0.2, 0.25) is 0 Å². The zero-order chi connectivity index (χ0) is 12.9. The summed E-state index contributed by atoms with van der Waals surface area (Å²) in [4.78, 5) is 11.3. The van der Waals surface area contributed by atoms with E-state index in [2.05, 4.69) is 12.2 Å². The zero-order valence-electron chi connectivity index (χ0n) is 12.1. The van der Waals surface area contributed by atoms with Crippen LogP contribution < -0.4 is 5.32 Å². The molecule has 0 aliphatic carbocycles. The first-order valence-corrected chi connectivity index (χ1v) is 7.48. The van der Waals surface area contributed by atoms with Gasteiger partial charge >= 0.3 is 0 Å². The van der Waals surface area contributed by atoms with E-state index in [4.69, 9.17) is 0 Å². The Balaban J connectivity index is 3.15. The van der Waals surface area contributed by atoms with E-state index in [-0.39, 0.29) is 6.04 Å². The fraction of sp³-hybridized carbons (Fsp3) is 0.933. The van der Waals surface area contributed by atoms with E-state index in [1.54, 1.807) is 0 Å². The van der Waals surface area contributed by atoms with Crippen molar-refractivity contribution in [1.82, 2.24) is 5.32 Å². The molecule has 0 bridgehead atoms. The number of rotatable bonds is 12. The first kappa shape index (κ1) is 16.6. The van der Waals surface area contributed by atoms with Gasteiger partial charge in [0.1, 0.15) is 5.78 Å². The number of hydrogen-bond donors (Lipinski definition) is 1. The Morgan fingerprint density at radius 1 is 0.941 bits per heavy atom. The molecule has 1 atom stereocenters. The van der Waals surface area contributed by atoms with Crippen molar-refractivity contribution >= 4 is 5.78 Å². The number of Topliss-reactive ketones (excluding diaryl/α,β-unsaturated/α-hetero) is 1. The summed E-state index contributed by atoms with van der Waals surface area (Å²) in [7, 11) is 0. The first-order valence-electron chi connectivity index (χ1n) is 7.48. The highest BCUT2D eigenvalue weighted by molar-refractivity contribution is 5.83. The second kappa shape index (κ2) is 12.1. The van der Waals surface area contributed by atoms with Crippen molar-refractivity contribution in [2.45, 2.75) is 84.6 Å². The lowest BCUT2D eigenvalue weighted by Gasteiger charge is -2.11. The summed E-state index contributed by atoms with van der Waals surface area (Å²) in [6.07, 6.45) is 11.4. The minimum absolute atomic E-state index is 0.0459. The number of carbonyl (C=O) groups excluding carboxylic acids is 1. The molecule has 0 heterocycles. The molecule has 0 fully saturated rings. The van der Waals surface area contributed by atoms with Gasteiger partial charge in [-0.25, -0.2) is 0 Å². The largest absolute Gasteiger partial charge is 0.308 e. The number of hydrogen-bond acceptors (Lipinski definition) is 2. The Bertz CT molecular complexity index is 180. The Morgan fingerprint density at radius 3 is 2.00 bits per heavy atom. The summed E-state index contributed by atoms with van der Waals surface area (Å²) >= 11 is 0. The molecule has 17 heavy (non-hydrogen) atoms. The van der Waals surface area contributed by atoms with Gasteiger partial charge in [-0.2, -0.15) is 0 Å². The average molecular weight is 241 g/mol. The second-order valence-corrected chi connectivity index (χ2v) is 4.97. The molecule has 0 rings (SSSR count). The standard InChI is InChI=1S/C15H31NO/c1-4-6-7-8-9-10-11-12-13-16-14(3)15(17)5-2/h14,16H,4-13H2,1-3H3/t14-/m0/s1. The monoisotopic (exact) mass is 241 g/mol. The van der Waals surface area contributed by atoms with E-state index in [0.29, 0.717) is 12.2 Å². The summed E-state index contributed by atoms with van der Waals surface area (Å²) in [5.41, 5.74) is 0. The van der Waals surface area contributed by atoms with Gasteiger partial charge in [0, 0.05) is 6.42 Å². The maximum absolute atomic E-state index is 11.3. The van der Waals surface area contributed by atoms with Crippen LogP contribution in [0.4, 0.5) is 0 Å². The van der Waals surface area contributed by atoms with E-state index in [1.807, 2.05) is 13.8 Å². The highest BCUT2D eigenvalue weighted by Crippen LogP contribution is 2.07. The van der Waals surface area contributed by atoms with E-state index >= 15 is 0 Å². The maximum atomic E-state index is 11.3. The van der Waals surface area contributed by atoms with Crippen molar-refractivity contribution in [2.75, 3.05) is 6.54 Å². The molecule has 0 aliphatic heterocycles. The molecular weight excluding hydrogens is 210 g/mol. The molecule has 0 amide bonds. The van der Waals surface area contributed by atoms with Crippen LogP contribution in [-0.2, 0) is 4.79 Å². The zero-order valence-corrected chi connectivity index (χ0v) is 12.1. The molecule has 0 aromatic carbocycles. The summed E-state index contributed by atoms with van der Waals surface area (Å²) in [5.74, 6) is 0.324. The molecule has 0 saturated heterocycles. The van der Waals surface area contributed by atoms with Gasteiger partial charge in [-0.1, -0.05) is 58.8 Å². The van der Waals surface area contributed by atoms with E-state index in [0.717, 1.165) is 6.54 Å². The van der Waals surface area contributed by atoms with Crippen LogP contribution in [0.15, 0.2) is 0 Å². The molecule has 0 aromatic heterocycles. The quantitative estimate of drug-likeness (QED) is 0.522. The minimum atomic E-state index is 0.0459. The van der Waals surface area contributed by atoms with E-state index in [9.17, 15) is 4.79 Å². The van der Waals surface area contributed by atoms with Crippen molar-refractivity contribution in [3.8, 4) is 0 Å². The highest BCUT2D eigenvalue weighted by atomic mass is 16.1. The molecular formula is C15H31NO. The molecule has 0 aliphatic rings. The highest BCUT2D eigenvalue weighted by Gasteiger charge is 2.08. The van der Waals surface area contributed by atoms with Gasteiger partial charge in [-0.3, -0.25) is 4.79 Å². The average Bonchev–Trinajstić information content (AvgIpc) is 2.35. The van der Waals surface area contributed by atoms with Crippen LogP contribution in [-0.4, -0.2) is 18.4 Å². The Labute approximate surface area is 108 Å². The molecule has 0 unspecified atom stereocenters. The van der Waals surface area contributed by atoms with Gasteiger partial charge < -0.3 is 5.32 Å². The van der Waals surface area contributed by atoms with Gasteiger partial charge in [0.2, 0.25) is 0 Å². The molecule has 0 aromatic rings. The lowest BCUT2D eigenvalue weighted by molar-refractivity contribution is -0.120. The number of carbonyl (C=O) groups is 1. The number of nitrogens with one attached hydrogen (secondary N) is 1. The van der Waals surface area contributed by atoms with Crippen LogP contribution in [0.25, 0.3) is 0 Å². The number of unbranched alkanes of at least 4 members (excludes halogenated alkanes) is 7. The Hall–Kier alpha value is -0.370. The van der Waals surface area contributed by atoms with Crippen molar-refractivity contribution in [3.05, 3.63) is 0 Å². The van der Waals surface area contributed by atoms with Crippen LogP contribution >= 0.6 is 0 Å². The first-order chi connectivity index (χ1) is 8.22. The van der Waals surface area contributed by atoms with Gasteiger partial charge in [-0.05, 0) is 19.9 Å². The fourth-order valence-electron chi connectivity index (χ4n) is 2.00. The second-order valence-electron chi connectivity index (χ2n) is 4.97. The third-order valence-electron chi connectivity index (χ3n) is 3.31. The fourth-order valence-corrected chi connectivity index (χ4v) is 2.00.